The number of amides is 1. The lowest BCUT2D eigenvalue weighted by Gasteiger charge is -2.41. The van der Waals surface area contributed by atoms with Gasteiger partial charge in [0.15, 0.2) is 5.78 Å². The Labute approximate surface area is 101 Å². The van der Waals surface area contributed by atoms with Gasteiger partial charge in [-0.25, -0.2) is 0 Å². The minimum Gasteiger partial charge on any atom is -0.326 e. The highest BCUT2D eigenvalue weighted by Gasteiger charge is 2.40. The monoisotopic (exact) mass is 232 g/mol. The first-order valence-corrected chi connectivity index (χ1v) is 5.79. The van der Waals surface area contributed by atoms with Crippen LogP contribution in [0.2, 0.25) is 0 Å². The van der Waals surface area contributed by atoms with E-state index in [0.717, 1.165) is 6.42 Å². The van der Waals surface area contributed by atoms with E-state index in [4.69, 9.17) is 0 Å². The zero-order chi connectivity index (χ0) is 12.5. The quantitative estimate of drug-likeness (QED) is 0.740. The summed E-state index contributed by atoms with van der Waals surface area (Å²) < 4.78 is 0. The van der Waals surface area contributed by atoms with E-state index in [-0.39, 0.29) is 11.7 Å². The molecular formula is C13H16N2O2. The maximum Gasteiger partial charge on any atom is 0.256 e. The number of likely N-dealkylation sites (tertiary alicyclic amines) is 1. The van der Waals surface area contributed by atoms with Gasteiger partial charge in [-0.3, -0.25) is 14.6 Å². The van der Waals surface area contributed by atoms with Gasteiger partial charge in [-0.05, 0) is 32.4 Å². The molecule has 0 spiro atoms. The summed E-state index contributed by atoms with van der Waals surface area (Å²) in [4.78, 5) is 29.7. The van der Waals surface area contributed by atoms with Crippen LogP contribution in [0.3, 0.4) is 0 Å². The Kier molecular flexibility index (Phi) is 2.96. The van der Waals surface area contributed by atoms with E-state index in [1.54, 1.807) is 23.2 Å². The number of ketones is 1. The molecule has 0 aromatic carbocycles. The Morgan fingerprint density at radius 3 is 2.88 bits per heavy atom. The number of nitrogens with zero attached hydrogens (tertiary/aromatic N) is 2. The van der Waals surface area contributed by atoms with Crippen molar-refractivity contribution in [1.82, 2.24) is 9.88 Å². The summed E-state index contributed by atoms with van der Waals surface area (Å²) in [5.41, 5.74) is -0.166. The second-order valence-corrected chi connectivity index (χ2v) is 4.78. The molecular weight excluding hydrogens is 216 g/mol. The molecule has 1 saturated heterocycles. The van der Waals surface area contributed by atoms with Gasteiger partial charge in [-0.15, -0.1) is 0 Å². The third-order valence-corrected chi connectivity index (χ3v) is 3.30. The smallest absolute Gasteiger partial charge is 0.256 e. The fourth-order valence-corrected chi connectivity index (χ4v) is 2.13. The molecule has 90 valence electrons. The Balaban J connectivity index is 2.28. The highest BCUT2D eigenvalue weighted by Crippen LogP contribution is 2.25. The third kappa shape index (κ3) is 2.07. The molecule has 0 atom stereocenters. The van der Waals surface area contributed by atoms with E-state index in [2.05, 4.69) is 4.98 Å². The lowest BCUT2D eigenvalue weighted by molar-refractivity contribution is -0.130. The molecule has 0 N–H and O–H groups in total. The fraction of sp³-hybridized carbons (Fsp3) is 0.462. The number of carbonyl (C=O) groups excluding carboxylic acids is 2. The van der Waals surface area contributed by atoms with Crippen LogP contribution in [0.25, 0.3) is 0 Å². The number of Topliss-reactive ketones (excluding diaryl/α,β-unsaturated/α-hetero) is 1. The van der Waals surface area contributed by atoms with Crippen LogP contribution in [0.4, 0.5) is 0 Å². The van der Waals surface area contributed by atoms with Gasteiger partial charge in [0.05, 0.1) is 11.1 Å². The van der Waals surface area contributed by atoms with Crippen molar-refractivity contribution < 1.29 is 9.59 Å². The zero-order valence-electron chi connectivity index (χ0n) is 10.1. The largest absolute Gasteiger partial charge is 0.326 e. The predicted molar refractivity (Wildman–Crippen MR) is 63.6 cm³/mol. The van der Waals surface area contributed by atoms with Gasteiger partial charge in [0.25, 0.3) is 5.91 Å². The SMILES string of the molecule is CC1(C)C(=O)CCCN1C(=O)c1cccnc1. The summed E-state index contributed by atoms with van der Waals surface area (Å²) in [5.74, 6) is 0.0112. The van der Waals surface area contributed by atoms with Gasteiger partial charge in [-0.2, -0.15) is 0 Å². The molecule has 1 amide bonds. The van der Waals surface area contributed by atoms with Crippen LogP contribution in [-0.4, -0.2) is 33.7 Å². The van der Waals surface area contributed by atoms with Crippen molar-refractivity contribution in [3.8, 4) is 0 Å². The van der Waals surface area contributed by atoms with Crippen molar-refractivity contribution in [2.45, 2.75) is 32.2 Å². The van der Waals surface area contributed by atoms with E-state index >= 15 is 0 Å². The van der Waals surface area contributed by atoms with Gasteiger partial charge in [0, 0.05) is 25.4 Å². The van der Waals surface area contributed by atoms with Gasteiger partial charge >= 0.3 is 0 Å². The van der Waals surface area contributed by atoms with Gasteiger partial charge < -0.3 is 4.90 Å². The molecule has 0 saturated carbocycles. The molecule has 0 radical (unpaired) electrons. The number of pyridine rings is 1. The van der Waals surface area contributed by atoms with E-state index in [1.807, 2.05) is 13.8 Å². The van der Waals surface area contributed by atoms with Crippen molar-refractivity contribution in [3.63, 3.8) is 0 Å². The van der Waals surface area contributed by atoms with Crippen molar-refractivity contribution in [3.05, 3.63) is 30.1 Å². The van der Waals surface area contributed by atoms with Crippen molar-refractivity contribution in [1.29, 1.82) is 0 Å². The zero-order valence-corrected chi connectivity index (χ0v) is 10.1. The minimum absolute atomic E-state index is 0.115. The van der Waals surface area contributed by atoms with Crippen molar-refractivity contribution >= 4 is 11.7 Å². The molecule has 2 heterocycles. The predicted octanol–water partition coefficient (Wildman–Crippen LogP) is 1.67. The number of rotatable bonds is 1. The lowest BCUT2D eigenvalue weighted by Crippen LogP contribution is -2.56. The maximum atomic E-state index is 12.3. The number of aromatic nitrogens is 1. The summed E-state index contributed by atoms with van der Waals surface area (Å²) in [7, 11) is 0. The highest BCUT2D eigenvalue weighted by molar-refractivity contribution is 6.00. The topological polar surface area (TPSA) is 50.3 Å². The first-order chi connectivity index (χ1) is 8.03. The summed E-state index contributed by atoms with van der Waals surface area (Å²) >= 11 is 0. The fourth-order valence-electron chi connectivity index (χ4n) is 2.13. The van der Waals surface area contributed by atoms with Gasteiger partial charge in [0.1, 0.15) is 0 Å². The van der Waals surface area contributed by atoms with Crippen molar-refractivity contribution in [2.75, 3.05) is 6.54 Å². The van der Waals surface area contributed by atoms with E-state index in [9.17, 15) is 9.59 Å². The molecule has 4 nitrogen and oxygen atoms in total. The average Bonchev–Trinajstić information content (AvgIpc) is 2.33. The second-order valence-electron chi connectivity index (χ2n) is 4.78. The lowest BCUT2D eigenvalue weighted by atomic mass is 9.88. The van der Waals surface area contributed by atoms with Crippen LogP contribution in [0.5, 0.6) is 0 Å². The number of carbonyl (C=O) groups is 2. The van der Waals surface area contributed by atoms with Crippen LogP contribution in [0.1, 0.15) is 37.0 Å². The van der Waals surface area contributed by atoms with Crippen molar-refractivity contribution in [2.24, 2.45) is 0 Å². The number of hydrogen-bond acceptors (Lipinski definition) is 3. The number of piperidine rings is 1. The normalized spacial score (nSPS) is 19.2. The minimum atomic E-state index is -0.703. The van der Waals surface area contributed by atoms with Crippen LogP contribution >= 0.6 is 0 Å². The molecule has 4 heteroatoms. The molecule has 17 heavy (non-hydrogen) atoms. The Hall–Kier alpha value is -1.71. The molecule has 0 aliphatic carbocycles. The highest BCUT2D eigenvalue weighted by atomic mass is 16.2. The molecule has 1 aliphatic rings. The molecule has 0 unspecified atom stereocenters. The van der Waals surface area contributed by atoms with Gasteiger partial charge in [-0.1, -0.05) is 0 Å². The third-order valence-electron chi connectivity index (χ3n) is 3.30. The summed E-state index contributed by atoms with van der Waals surface area (Å²) in [6.07, 6.45) is 4.47. The molecule has 0 bridgehead atoms. The first-order valence-electron chi connectivity index (χ1n) is 5.79. The molecule has 1 aromatic rings. The first kappa shape index (κ1) is 11.8. The van der Waals surface area contributed by atoms with Crippen LogP contribution in [0, 0.1) is 0 Å². The van der Waals surface area contributed by atoms with Crippen LogP contribution in [-0.2, 0) is 4.79 Å². The van der Waals surface area contributed by atoms with E-state index in [0.29, 0.717) is 18.5 Å². The summed E-state index contributed by atoms with van der Waals surface area (Å²) in [6.45, 7) is 4.25. The Morgan fingerprint density at radius 2 is 2.24 bits per heavy atom. The standard InChI is InChI=1S/C13H16N2O2/c1-13(2)11(16)6-4-8-15(13)12(17)10-5-3-7-14-9-10/h3,5,7,9H,4,6,8H2,1-2H3. The Bertz CT molecular complexity index is 440. The summed E-state index contributed by atoms with van der Waals surface area (Å²) in [6, 6.07) is 3.45. The Morgan fingerprint density at radius 1 is 1.47 bits per heavy atom. The maximum absolute atomic E-state index is 12.3. The van der Waals surface area contributed by atoms with Crippen LogP contribution < -0.4 is 0 Å². The molecule has 1 aromatic heterocycles. The molecule has 1 fully saturated rings. The molecule has 2 rings (SSSR count). The van der Waals surface area contributed by atoms with E-state index < -0.39 is 5.54 Å². The number of hydrogen-bond donors (Lipinski definition) is 0. The van der Waals surface area contributed by atoms with Crippen LogP contribution in [0.15, 0.2) is 24.5 Å². The second kappa shape index (κ2) is 4.28. The van der Waals surface area contributed by atoms with E-state index in [1.165, 1.54) is 6.20 Å². The summed E-state index contributed by atoms with van der Waals surface area (Å²) in [5, 5.41) is 0. The van der Waals surface area contributed by atoms with Gasteiger partial charge in [0.2, 0.25) is 0 Å². The average molecular weight is 232 g/mol. The molecule has 1 aliphatic heterocycles.